The van der Waals surface area contributed by atoms with Crippen molar-refractivity contribution in [3.8, 4) is 16.9 Å². The van der Waals surface area contributed by atoms with Crippen LogP contribution in [0.4, 0.5) is 21.5 Å². The number of carbonyl (C=O) groups is 1. The summed E-state index contributed by atoms with van der Waals surface area (Å²) < 4.78 is 61.2. The number of anilines is 3. The second-order valence-corrected chi connectivity index (χ2v) is 10.3. The predicted octanol–water partition coefficient (Wildman–Crippen LogP) is 3.76. The quantitative estimate of drug-likeness (QED) is 0.207. The highest BCUT2D eigenvalue weighted by Gasteiger charge is 2.18. The Kier molecular flexibility index (Phi) is 7.25. The number of hydrogen-bond donors (Lipinski definition) is 4. The molecule has 190 valence electrons. The molecule has 0 saturated heterocycles. The van der Waals surface area contributed by atoms with Crippen molar-refractivity contribution in [2.75, 3.05) is 9.62 Å². The highest BCUT2D eigenvalue weighted by atomic mass is 32.2. The third-order valence-electron chi connectivity index (χ3n) is 5.34. The summed E-state index contributed by atoms with van der Waals surface area (Å²) in [6.45, 7) is 0. The van der Waals surface area contributed by atoms with Crippen molar-refractivity contribution in [2.45, 2.75) is 4.90 Å². The van der Waals surface area contributed by atoms with Crippen molar-refractivity contribution >= 4 is 43.9 Å². The average molecular weight is 542 g/mol. The lowest BCUT2D eigenvalue weighted by Gasteiger charge is -2.20. The Hall–Kier alpha value is -4.26. The third-order valence-corrected chi connectivity index (χ3v) is 7.02. The molecule has 0 spiro atoms. The molecule has 0 aliphatic rings. The van der Waals surface area contributed by atoms with Gasteiger partial charge < -0.3 is 10.4 Å². The largest absolute Gasteiger partial charge is 0.506 e. The molecule has 0 unspecified atom stereocenters. The Bertz CT molecular complexity index is 1650. The summed E-state index contributed by atoms with van der Waals surface area (Å²) in [5, 5.41) is 18.1. The lowest BCUT2D eigenvalue weighted by atomic mass is 10.0. The summed E-state index contributed by atoms with van der Waals surface area (Å²) in [6.07, 6.45) is 0. The minimum Gasteiger partial charge on any atom is -0.506 e. The lowest BCUT2D eigenvalue weighted by molar-refractivity contribution is 0.102. The van der Waals surface area contributed by atoms with Crippen LogP contribution in [-0.4, -0.2) is 27.8 Å². The second-order valence-electron chi connectivity index (χ2n) is 7.83. The Morgan fingerprint density at radius 3 is 2.19 bits per heavy atom. The number of benzene rings is 4. The first-order valence-electron chi connectivity index (χ1n) is 10.6. The monoisotopic (exact) mass is 541 g/mol. The number of sulfonamides is 1. The van der Waals surface area contributed by atoms with Crippen LogP contribution >= 0.6 is 0 Å². The van der Waals surface area contributed by atoms with E-state index < -0.39 is 32.6 Å². The molecule has 0 radical (unpaired) electrons. The first-order chi connectivity index (χ1) is 17.5. The molecule has 0 bridgehead atoms. The number of halogens is 1. The van der Waals surface area contributed by atoms with Crippen LogP contribution in [0, 0.1) is 5.82 Å². The van der Waals surface area contributed by atoms with Crippen LogP contribution in [0.1, 0.15) is 10.4 Å². The average Bonchev–Trinajstić information content (AvgIpc) is 2.86. The number of phenolic OH excluding ortho intramolecular Hbond substituents is 1. The maximum atomic E-state index is 13.3. The number of rotatable bonds is 7. The number of nitrogens with one attached hydrogen (secondary N) is 1. The molecule has 0 aliphatic heterocycles. The minimum absolute atomic E-state index is 0.0375. The Morgan fingerprint density at radius 1 is 0.892 bits per heavy atom. The van der Waals surface area contributed by atoms with Crippen molar-refractivity contribution in [1.29, 1.82) is 0 Å². The number of amides is 1. The van der Waals surface area contributed by atoms with Gasteiger partial charge in [-0.1, -0.05) is 24.3 Å². The van der Waals surface area contributed by atoms with Gasteiger partial charge in [0.2, 0.25) is 20.9 Å². The molecule has 0 aromatic heterocycles. The minimum atomic E-state index is -3.87. The molecule has 1 amide bonds. The maximum absolute atomic E-state index is 13.3. The number of aromatic hydroxyl groups is 1. The highest BCUT2D eigenvalue weighted by Crippen LogP contribution is 2.35. The van der Waals surface area contributed by atoms with Crippen molar-refractivity contribution in [3.63, 3.8) is 0 Å². The van der Waals surface area contributed by atoms with E-state index in [1.807, 2.05) is 0 Å². The molecule has 0 saturated carbocycles. The lowest BCUT2D eigenvalue weighted by Crippen LogP contribution is -2.16. The number of thiol groups is 1. The summed E-state index contributed by atoms with van der Waals surface area (Å²) in [5.74, 6) is -1.44. The van der Waals surface area contributed by atoms with Gasteiger partial charge in [-0.3, -0.25) is 4.79 Å². The molecule has 0 atom stereocenters. The highest BCUT2D eigenvalue weighted by molar-refractivity contribution is 7.89. The normalized spacial score (nSPS) is 11.3. The molecular formula is C25H20FN3O6S2. The van der Waals surface area contributed by atoms with E-state index in [0.29, 0.717) is 11.1 Å². The molecule has 4 rings (SSSR count). The van der Waals surface area contributed by atoms with Crippen LogP contribution in [0.3, 0.4) is 0 Å². The second kappa shape index (κ2) is 10.4. The van der Waals surface area contributed by atoms with Gasteiger partial charge in [-0.25, -0.2) is 30.7 Å². The summed E-state index contributed by atoms with van der Waals surface area (Å²) in [7, 11) is -7.13. The van der Waals surface area contributed by atoms with Crippen LogP contribution in [0.5, 0.6) is 5.75 Å². The maximum Gasteiger partial charge on any atom is 0.255 e. The van der Waals surface area contributed by atoms with Crippen LogP contribution in [0.15, 0.2) is 95.9 Å². The van der Waals surface area contributed by atoms with E-state index >= 15 is 0 Å². The zero-order chi connectivity index (χ0) is 26.7. The third kappa shape index (κ3) is 5.94. The van der Waals surface area contributed by atoms with Crippen molar-refractivity contribution in [2.24, 2.45) is 5.14 Å². The number of hydrogen-bond acceptors (Lipinski definition) is 6. The number of nitrogens with zero attached hydrogens (tertiary/aromatic N) is 1. The Morgan fingerprint density at radius 2 is 1.57 bits per heavy atom. The number of nitrogens with two attached hydrogens (primary N) is 1. The van der Waals surface area contributed by atoms with Crippen LogP contribution in [-0.2, 0) is 20.9 Å². The molecule has 12 heteroatoms. The smallest absolute Gasteiger partial charge is 0.255 e. The molecule has 4 aromatic rings. The molecular weight excluding hydrogens is 521 g/mol. The molecule has 37 heavy (non-hydrogen) atoms. The van der Waals surface area contributed by atoms with E-state index in [-0.39, 0.29) is 33.3 Å². The van der Waals surface area contributed by atoms with E-state index in [9.17, 15) is 31.1 Å². The van der Waals surface area contributed by atoms with Gasteiger partial charge in [0.25, 0.3) is 5.91 Å². The van der Waals surface area contributed by atoms with Crippen molar-refractivity contribution in [3.05, 3.63) is 102 Å². The van der Waals surface area contributed by atoms with Gasteiger partial charge in [-0.15, -0.1) is 0 Å². The van der Waals surface area contributed by atoms with E-state index in [2.05, 4.69) is 5.32 Å². The molecule has 4 aromatic carbocycles. The van der Waals surface area contributed by atoms with Gasteiger partial charge in [0.05, 0.1) is 10.6 Å². The first-order valence-corrected chi connectivity index (χ1v) is 13.3. The topological polar surface area (TPSA) is 147 Å². The van der Waals surface area contributed by atoms with Gasteiger partial charge in [-0.05, 0) is 77.9 Å². The molecule has 4 N–H and O–H groups in total. The van der Waals surface area contributed by atoms with Gasteiger partial charge in [0.1, 0.15) is 17.3 Å². The first kappa shape index (κ1) is 25.8. The summed E-state index contributed by atoms with van der Waals surface area (Å²) in [6, 6.07) is 21.0. The summed E-state index contributed by atoms with van der Waals surface area (Å²) >= 11 is 0. The Balaban J connectivity index is 1.57. The van der Waals surface area contributed by atoms with E-state index in [4.69, 9.17) is 5.14 Å². The van der Waals surface area contributed by atoms with Crippen molar-refractivity contribution < 1.29 is 31.1 Å². The van der Waals surface area contributed by atoms with E-state index in [1.54, 1.807) is 24.3 Å². The van der Waals surface area contributed by atoms with Gasteiger partial charge >= 0.3 is 0 Å². The van der Waals surface area contributed by atoms with E-state index in [0.717, 1.165) is 16.4 Å². The fourth-order valence-electron chi connectivity index (χ4n) is 3.54. The molecule has 0 fully saturated rings. The zero-order valence-corrected chi connectivity index (χ0v) is 20.6. The van der Waals surface area contributed by atoms with Gasteiger partial charge in [-0.2, -0.15) is 0 Å². The van der Waals surface area contributed by atoms with E-state index in [1.165, 1.54) is 54.6 Å². The van der Waals surface area contributed by atoms with Gasteiger partial charge in [0.15, 0.2) is 0 Å². The number of primary sulfonamides is 1. The van der Waals surface area contributed by atoms with Crippen LogP contribution in [0.2, 0.25) is 0 Å². The molecule has 9 nitrogen and oxygen atoms in total. The summed E-state index contributed by atoms with van der Waals surface area (Å²) in [4.78, 5) is 12.8. The zero-order valence-electron chi connectivity index (χ0n) is 18.9. The Labute approximate surface area is 213 Å². The number of phenols is 1. The molecule has 0 heterocycles. The van der Waals surface area contributed by atoms with Crippen LogP contribution in [0.25, 0.3) is 11.1 Å². The number of carbonyl (C=O) groups excluding carboxylic acids is 1. The fraction of sp³-hybridized carbons (Fsp3) is 0. The summed E-state index contributed by atoms with van der Waals surface area (Å²) in [5.41, 5.74) is 1.68. The SMILES string of the molecule is NS(=O)(=O)c1cccc(-c2ccc(C(=O)Nc3ccc(O)c(N(c4ccc(F)cc4)[SH](=O)=O)c3)cc2)c1. The predicted molar refractivity (Wildman–Crippen MR) is 138 cm³/mol. The standard InChI is InChI=1S/C25H20FN3O6S2/c26-19-8-11-21(12-9-19)29(36(32)33)23-15-20(10-13-24(23)30)28-25(31)17-6-4-16(5-7-17)18-2-1-3-22(14-18)37(27,34)35/h1-15,30,36H,(H,28,31)(H2,27,34,35). The van der Waals surface area contributed by atoms with Crippen molar-refractivity contribution in [1.82, 2.24) is 0 Å². The van der Waals surface area contributed by atoms with Gasteiger partial charge in [0, 0.05) is 11.3 Å². The fourth-order valence-corrected chi connectivity index (χ4v) is 4.76. The molecule has 0 aliphatic carbocycles. The van der Waals surface area contributed by atoms with Crippen LogP contribution < -0.4 is 14.8 Å².